The molecule has 0 bridgehead atoms. The van der Waals surface area contributed by atoms with Crippen LogP contribution in [0, 0.1) is 0 Å². The maximum Gasteiger partial charge on any atom is 0.416 e. The number of hydrogen-bond donors (Lipinski definition) is 0. The Balaban J connectivity index is 2.45. The summed E-state index contributed by atoms with van der Waals surface area (Å²) in [6.45, 7) is 0. The van der Waals surface area contributed by atoms with E-state index in [4.69, 9.17) is 4.74 Å². The van der Waals surface area contributed by atoms with Crippen LogP contribution in [-0.4, -0.2) is 17.9 Å². The average Bonchev–Trinajstić information content (AvgIpc) is 2.45. The van der Waals surface area contributed by atoms with Crippen LogP contribution in [0.25, 0.3) is 0 Å². The molecule has 1 aromatic heterocycles. The Labute approximate surface area is 113 Å². The van der Waals surface area contributed by atoms with Crippen LogP contribution in [0.3, 0.4) is 0 Å². The lowest BCUT2D eigenvalue weighted by Crippen LogP contribution is -2.09. The van der Waals surface area contributed by atoms with Gasteiger partial charge in [-0.25, -0.2) is 0 Å². The van der Waals surface area contributed by atoms with Crippen LogP contribution in [0.15, 0.2) is 42.7 Å². The van der Waals surface area contributed by atoms with E-state index in [1.165, 1.54) is 31.6 Å². The highest BCUT2D eigenvalue weighted by Gasteiger charge is 2.31. The Morgan fingerprint density at radius 1 is 1.15 bits per heavy atom. The molecule has 0 saturated carbocycles. The van der Waals surface area contributed by atoms with E-state index in [0.29, 0.717) is 5.56 Å². The number of hydrogen-bond acceptors (Lipinski definition) is 3. The minimum absolute atomic E-state index is 0.0756. The third-order valence-electron chi connectivity index (χ3n) is 2.72. The molecule has 0 unspecified atom stereocenters. The zero-order valence-corrected chi connectivity index (χ0v) is 10.4. The molecule has 20 heavy (non-hydrogen) atoms. The third kappa shape index (κ3) is 2.79. The molecule has 2 rings (SSSR count). The summed E-state index contributed by atoms with van der Waals surface area (Å²) in [5.41, 5.74) is -0.453. The van der Waals surface area contributed by atoms with Gasteiger partial charge in [-0.15, -0.1) is 0 Å². The molecule has 0 saturated heterocycles. The first-order valence-corrected chi connectivity index (χ1v) is 5.63. The molecule has 0 aliphatic rings. The van der Waals surface area contributed by atoms with E-state index in [9.17, 15) is 18.0 Å². The van der Waals surface area contributed by atoms with Gasteiger partial charge < -0.3 is 4.74 Å². The zero-order chi connectivity index (χ0) is 14.8. The number of alkyl halides is 3. The Kier molecular flexibility index (Phi) is 3.74. The minimum Gasteiger partial charge on any atom is -0.496 e. The highest BCUT2D eigenvalue weighted by molar-refractivity contribution is 6.10. The van der Waals surface area contributed by atoms with Crippen molar-refractivity contribution in [3.05, 3.63) is 59.4 Å². The van der Waals surface area contributed by atoms with Crippen LogP contribution in [0.2, 0.25) is 0 Å². The number of carbonyl (C=O) groups is 1. The normalized spacial score (nSPS) is 11.2. The van der Waals surface area contributed by atoms with Crippen LogP contribution in [0.5, 0.6) is 5.75 Å². The summed E-state index contributed by atoms with van der Waals surface area (Å²) >= 11 is 0. The molecule has 1 heterocycles. The Hall–Kier alpha value is -2.37. The number of aromatic nitrogens is 1. The van der Waals surface area contributed by atoms with Crippen molar-refractivity contribution < 1.29 is 22.7 Å². The van der Waals surface area contributed by atoms with E-state index < -0.39 is 17.5 Å². The SMILES string of the molecule is COc1cc(C(F)(F)F)ccc1C(=O)c1ccncc1. The lowest BCUT2D eigenvalue weighted by molar-refractivity contribution is -0.137. The molecule has 0 fully saturated rings. The number of nitrogens with zero attached hydrogens (tertiary/aromatic N) is 1. The molecule has 1 aromatic carbocycles. The molecule has 2 aromatic rings. The van der Waals surface area contributed by atoms with Gasteiger partial charge in [-0.3, -0.25) is 9.78 Å². The number of rotatable bonds is 3. The molecule has 0 N–H and O–H groups in total. The fourth-order valence-corrected chi connectivity index (χ4v) is 1.71. The number of pyridine rings is 1. The van der Waals surface area contributed by atoms with Crippen molar-refractivity contribution in [1.82, 2.24) is 4.98 Å². The van der Waals surface area contributed by atoms with E-state index in [1.54, 1.807) is 0 Å². The maximum absolute atomic E-state index is 12.6. The van der Waals surface area contributed by atoms with Gasteiger partial charge in [0.2, 0.25) is 0 Å². The molecule has 0 spiro atoms. The van der Waals surface area contributed by atoms with E-state index in [2.05, 4.69) is 4.98 Å². The van der Waals surface area contributed by atoms with Crippen molar-refractivity contribution in [1.29, 1.82) is 0 Å². The molecule has 0 aliphatic carbocycles. The molecule has 0 aliphatic heterocycles. The van der Waals surface area contributed by atoms with E-state index in [-0.39, 0.29) is 11.3 Å². The highest BCUT2D eigenvalue weighted by Crippen LogP contribution is 2.33. The first-order valence-electron chi connectivity index (χ1n) is 5.63. The smallest absolute Gasteiger partial charge is 0.416 e. The average molecular weight is 281 g/mol. The minimum atomic E-state index is -4.48. The molecule has 0 amide bonds. The van der Waals surface area contributed by atoms with Gasteiger partial charge in [0.25, 0.3) is 0 Å². The monoisotopic (exact) mass is 281 g/mol. The molecule has 104 valence electrons. The summed E-state index contributed by atoms with van der Waals surface area (Å²) in [5.74, 6) is -0.528. The van der Waals surface area contributed by atoms with Gasteiger partial charge in [0.1, 0.15) is 5.75 Å². The summed E-state index contributed by atoms with van der Waals surface area (Å²) in [6.07, 6.45) is -1.61. The van der Waals surface area contributed by atoms with Crippen molar-refractivity contribution in [3.8, 4) is 5.75 Å². The Bertz CT molecular complexity index is 624. The lowest BCUT2D eigenvalue weighted by Gasteiger charge is -2.12. The lowest BCUT2D eigenvalue weighted by atomic mass is 10.0. The van der Waals surface area contributed by atoms with Crippen molar-refractivity contribution in [3.63, 3.8) is 0 Å². The number of benzene rings is 1. The van der Waals surface area contributed by atoms with Gasteiger partial charge in [0.05, 0.1) is 18.2 Å². The molecule has 3 nitrogen and oxygen atoms in total. The van der Waals surface area contributed by atoms with Gasteiger partial charge in [-0.1, -0.05) is 0 Å². The zero-order valence-electron chi connectivity index (χ0n) is 10.4. The summed E-state index contributed by atoms with van der Waals surface area (Å²) in [7, 11) is 1.22. The number of ketones is 1. The standard InChI is InChI=1S/C14H10F3NO2/c1-20-12-8-10(14(15,16)17)2-3-11(12)13(19)9-4-6-18-7-5-9/h2-8H,1H3. The second-order valence-corrected chi connectivity index (χ2v) is 3.98. The van der Waals surface area contributed by atoms with Crippen LogP contribution >= 0.6 is 0 Å². The molecular weight excluding hydrogens is 271 g/mol. The predicted octanol–water partition coefficient (Wildman–Crippen LogP) is 3.34. The van der Waals surface area contributed by atoms with Crippen molar-refractivity contribution in [2.24, 2.45) is 0 Å². The Morgan fingerprint density at radius 3 is 2.35 bits per heavy atom. The first-order chi connectivity index (χ1) is 9.43. The number of ether oxygens (including phenoxy) is 1. The van der Waals surface area contributed by atoms with Crippen molar-refractivity contribution in [2.45, 2.75) is 6.18 Å². The van der Waals surface area contributed by atoms with Crippen molar-refractivity contribution >= 4 is 5.78 Å². The number of carbonyl (C=O) groups excluding carboxylic acids is 1. The third-order valence-corrected chi connectivity index (χ3v) is 2.72. The molecular formula is C14H10F3NO2. The van der Waals surface area contributed by atoms with Gasteiger partial charge in [0, 0.05) is 18.0 Å². The van der Waals surface area contributed by atoms with Crippen LogP contribution in [0.4, 0.5) is 13.2 Å². The Morgan fingerprint density at radius 2 is 1.80 bits per heavy atom. The second-order valence-electron chi connectivity index (χ2n) is 3.98. The fourth-order valence-electron chi connectivity index (χ4n) is 1.71. The molecule has 0 radical (unpaired) electrons. The predicted molar refractivity (Wildman–Crippen MR) is 65.7 cm³/mol. The van der Waals surface area contributed by atoms with E-state index in [1.807, 2.05) is 0 Å². The first kappa shape index (κ1) is 14.0. The van der Waals surface area contributed by atoms with Gasteiger partial charge in [-0.05, 0) is 30.3 Å². The van der Waals surface area contributed by atoms with E-state index >= 15 is 0 Å². The van der Waals surface area contributed by atoms with Crippen LogP contribution in [0.1, 0.15) is 21.5 Å². The topological polar surface area (TPSA) is 39.2 Å². The van der Waals surface area contributed by atoms with Gasteiger partial charge in [-0.2, -0.15) is 13.2 Å². The largest absolute Gasteiger partial charge is 0.496 e. The fraction of sp³-hybridized carbons (Fsp3) is 0.143. The maximum atomic E-state index is 12.6. The summed E-state index contributed by atoms with van der Waals surface area (Å²) in [6, 6.07) is 5.76. The summed E-state index contributed by atoms with van der Waals surface area (Å²) in [4.78, 5) is 16.0. The molecule has 6 heteroatoms. The highest BCUT2D eigenvalue weighted by atomic mass is 19.4. The van der Waals surface area contributed by atoms with Crippen molar-refractivity contribution in [2.75, 3.05) is 7.11 Å². The summed E-state index contributed by atoms with van der Waals surface area (Å²) < 4.78 is 42.7. The van der Waals surface area contributed by atoms with E-state index in [0.717, 1.165) is 18.2 Å². The summed E-state index contributed by atoms with van der Waals surface area (Å²) in [5, 5.41) is 0. The molecule has 0 atom stereocenters. The number of methoxy groups -OCH3 is 1. The second kappa shape index (κ2) is 5.32. The van der Waals surface area contributed by atoms with Gasteiger partial charge in [0.15, 0.2) is 5.78 Å². The van der Waals surface area contributed by atoms with Gasteiger partial charge >= 0.3 is 6.18 Å². The number of halogens is 3. The van der Waals surface area contributed by atoms with Crippen LogP contribution < -0.4 is 4.74 Å². The quantitative estimate of drug-likeness (QED) is 0.810. The van der Waals surface area contributed by atoms with Crippen LogP contribution in [-0.2, 0) is 6.18 Å².